The van der Waals surface area contributed by atoms with Gasteiger partial charge < -0.3 is 15.1 Å². The zero-order chi connectivity index (χ0) is 24.4. The number of carbonyl (C=O) groups is 1. The minimum absolute atomic E-state index is 0.00339. The molecule has 1 N–H and O–H groups in total. The van der Waals surface area contributed by atoms with Crippen molar-refractivity contribution in [3.63, 3.8) is 0 Å². The molecule has 2 saturated heterocycles. The lowest BCUT2D eigenvalue weighted by Crippen LogP contribution is -2.39. The maximum absolute atomic E-state index is 13.4. The van der Waals surface area contributed by atoms with Gasteiger partial charge in [0.2, 0.25) is 15.9 Å². The molecule has 1 atom stereocenters. The molecule has 3 heterocycles. The Labute approximate surface area is 209 Å². The van der Waals surface area contributed by atoms with Gasteiger partial charge in [0, 0.05) is 37.9 Å². The third-order valence-electron chi connectivity index (χ3n) is 7.52. The summed E-state index contributed by atoms with van der Waals surface area (Å²) in [5.74, 6) is -0.00339. The number of anilines is 3. The molecule has 0 radical (unpaired) electrons. The number of nitrogens with one attached hydrogen (secondary N) is 1. The number of rotatable bonds is 6. The summed E-state index contributed by atoms with van der Waals surface area (Å²) in [6.45, 7) is 5.22. The molecule has 0 unspecified atom stereocenters. The number of benzene rings is 2. The first kappa shape index (κ1) is 24.1. The SMILES string of the molecule is C[C@@H]1Cc2ccccc2N1C(=O)CNc1cc(S(=O)(=O)N2CCCCC2)ccc1N1CCCCC1. The quantitative estimate of drug-likeness (QED) is 0.648. The van der Waals surface area contributed by atoms with Crippen molar-refractivity contribution in [2.45, 2.75) is 62.8 Å². The molecule has 0 saturated carbocycles. The fourth-order valence-electron chi connectivity index (χ4n) is 5.68. The Bertz CT molecular complexity index is 1170. The third-order valence-corrected chi connectivity index (χ3v) is 9.42. The second-order valence-electron chi connectivity index (χ2n) is 9.99. The number of carbonyl (C=O) groups excluding carboxylic acids is 1. The smallest absolute Gasteiger partial charge is 0.246 e. The molecule has 2 aromatic carbocycles. The van der Waals surface area contributed by atoms with E-state index in [0.717, 1.165) is 68.7 Å². The van der Waals surface area contributed by atoms with Gasteiger partial charge in [-0.15, -0.1) is 0 Å². The Hall–Kier alpha value is -2.58. The lowest BCUT2D eigenvalue weighted by molar-refractivity contribution is -0.117. The number of sulfonamides is 1. The van der Waals surface area contributed by atoms with Crippen LogP contribution in [0.25, 0.3) is 0 Å². The van der Waals surface area contributed by atoms with Crippen LogP contribution in [0.3, 0.4) is 0 Å². The van der Waals surface area contributed by atoms with Crippen LogP contribution in [-0.4, -0.2) is 57.4 Å². The predicted molar refractivity (Wildman–Crippen MR) is 141 cm³/mol. The predicted octanol–water partition coefficient (Wildman–Crippen LogP) is 4.24. The lowest BCUT2D eigenvalue weighted by atomic mass is 10.1. The van der Waals surface area contributed by atoms with E-state index in [4.69, 9.17) is 0 Å². The highest BCUT2D eigenvalue weighted by atomic mass is 32.2. The number of para-hydroxylation sites is 1. The Morgan fingerprint density at radius 1 is 0.914 bits per heavy atom. The van der Waals surface area contributed by atoms with Crippen LogP contribution in [0, 0.1) is 0 Å². The van der Waals surface area contributed by atoms with Gasteiger partial charge in [0.25, 0.3) is 0 Å². The van der Waals surface area contributed by atoms with Crippen molar-refractivity contribution < 1.29 is 13.2 Å². The molecule has 3 aliphatic heterocycles. The van der Waals surface area contributed by atoms with Gasteiger partial charge in [0.05, 0.1) is 22.8 Å². The van der Waals surface area contributed by atoms with Crippen LogP contribution in [0.1, 0.15) is 51.0 Å². The van der Waals surface area contributed by atoms with Crippen LogP contribution in [0.2, 0.25) is 0 Å². The molecule has 5 rings (SSSR count). The average Bonchev–Trinajstić information content (AvgIpc) is 3.24. The van der Waals surface area contributed by atoms with E-state index in [1.54, 1.807) is 16.4 Å². The van der Waals surface area contributed by atoms with E-state index in [9.17, 15) is 13.2 Å². The van der Waals surface area contributed by atoms with E-state index < -0.39 is 10.0 Å². The molecular weight excluding hydrogens is 460 g/mol. The van der Waals surface area contributed by atoms with Gasteiger partial charge in [0.1, 0.15) is 0 Å². The molecule has 8 heteroatoms. The molecule has 0 bridgehead atoms. The summed E-state index contributed by atoms with van der Waals surface area (Å²) in [7, 11) is -3.56. The molecule has 0 aliphatic carbocycles. The molecule has 2 fully saturated rings. The van der Waals surface area contributed by atoms with E-state index in [-0.39, 0.29) is 18.5 Å². The van der Waals surface area contributed by atoms with Crippen LogP contribution in [-0.2, 0) is 21.2 Å². The highest BCUT2D eigenvalue weighted by Crippen LogP contribution is 2.34. The molecule has 0 aromatic heterocycles. The first-order chi connectivity index (χ1) is 16.9. The number of nitrogens with zero attached hydrogens (tertiary/aromatic N) is 3. The first-order valence-electron chi connectivity index (χ1n) is 13.0. The summed E-state index contributed by atoms with van der Waals surface area (Å²) in [5.41, 5.74) is 3.87. The van der Waals surface area contributed by atoms with Crippen molar-refractivity contribution in [3.05, 3.63) is 48.0 Å². The van der Waals surface area contributed by atoms with Gasteiger partial charge in [0.15, 0.2) is 0 Å². The van der Waals surface area contributed by atoms with Crippen molar-refractivity contribution >= 4 is 33.0 Å². The zero-order valence-electron chi connectivity index (χ0n) is 20.6. The highest BCUT2D eigenvalue weighted by Gasteiger charge is 2.31. The maximum atomic E-state index is 13.4. The van der Waals surface area contributed by atoms with Gasteiger partial charge in [-0.1, -0.05) is 24.6 Å². The largest absolute Gasteiger partial charge is 0.374 e. The molecule has 7 nitrogen and oxygen atoms in total. The third kappa shape index (κ3) is 4.91. The van der Waals surface area contributed by atoms with Gasteiger partial charge in [-0.05, 0) is 75.3 Å². The van der Waals surface area contributed by atoms with Crippen molar-refractivity contribution in [3.8, 4) is 0 Å². The molecule has 0 spiro atoms. The lowest BCUT2D eigenvalue weighted by Gasteiger charge is -2.32. The van der Waals surface area contributed by atoms with Gasteiger partial charge >= 0.3 is 0 Å². The molecule has 35 heavy (non-hydrogen) atoms. The Balaban J connectivity index is 1.40. The molecule has 1 amide bonds. The maximum Gasteiger partial charge on any atom is 0.246 e. The van der Waals surface area contributed by atoms with E-state index in [1.165, 1.54) is 12.0 Å². The van der Waals surface area contributed by atoms with E-state index in [2.05, 4.69) is 23.2 Å². The van der Waals surface area contributed by atoms with Crippen LogP contribution < -0.4 is 15.1 Å². The van der Waals surface area contributed by atoms with Crippen molar-refractivity contribution in [2.75, 3.05) is 47.8 Å². The number of hydrogen-bond donors (Lipinski definition) is 1. The van der Waals surface area contributed by atoms with Crippen molar-refractivity contribution in [1.82, 2.24) is 4.31 Å². The minimum Gasteiger partial charge on any atom is -0.374 e. The number of amides is 1. The second kappa shape index (κ2) is 10.2. The van der Waals surface area contributed by atoms with Crippen LogP contribution in [0.5, 0.6) is 0 Å². The standard InChI is InChI=1S/C27H36N4O3S/c1-21-18-22-10-4-5-11-25(22)31(21)27(32)20-28-24-19-23(35(33,34)30-16-8-3-9-17-30)12-13-26(24)29-14-6-2-7-15-29/h4-5,10-13,19,21,28H,2-3,6-9,14-18,20H2,1H3/t21-/m1/s1. The Kier molecular flexibility index (Phi) is 7.02. The fraction of sp³-hybridized carbons (Fsp3) is 0.519. The first-order valence-corrected chi connectivity index (χ1v) is 14.4. The highest BCUT2D eigenvalue weighted by molar-refractivity contribution is 7.89. The van der Waals surface area contributed by atoms with Crippen molar-refractivity contribution in [2.24, 2.45) is 0 Å². The summed E-state index contributed by atoms with van der Waals surface area (Å²) < 4.78 is 28.3. The van der Waals surface area contributed by atoms with E-state index in [1.807, 2.05) is 29.2 Å². The molecule has 3 aliphatic rings. The van der Waals surface area contributed by atoms with Crippen molar-refractivity contribution in [1.29, 1.82) is 0 Å². The minimum atomic E-state index is -3.56. The normalized spacial score (nSPS) is 21.1. The fourth-order valence-corrected chi connectivity index (χ4v) is 7.23. The topological polar surface area (TPSA) is 73.0 Å². The summed E-state index contributed by atoms with van der Waals surface area (Å²) >= 11 is 0. The monoisotopic (exact) mass is 496 g/mol. The van der Waals surface area contributed by atoms with Gasteiger partial charge in [-0.2, -0.15) is 4.31 Å². The Morgan fingerprint density at radius 3 is 2.34 bits per heavy atom. The average molecular weight is 497 g/mol. The molecular formula is C27H36N4O3S. The zero-order valence-corrected chi connectivity index (χ0v) is 21.4. The summed E-state index contributed by atoms with van der Waals surface area (Å²) in [4.78, 5) is 17.8. The summed E-state index contributed by atoms with van der Waals surface area (Å²) in [5, 5.41) is 3.34. The van der Waals surface area contributed by atoms with E-state index in [0.29, 0.717) is 18.0 Å². The van der Waals surface area contributed by atoms with Crippen LogP contribution in [0.15, 0.2) is 47.4 Å². The second-order valence-corrected chi connectivity index (χ2v) is 11.9. The molecule has 2 aromatic rings. The molecule has 188 valence electrons. The summed E-state index contributed by atoms with van der Waals surface area (Å²) in [6, 6.07) is 13.6. The van der Waals surface area contributed by atoms with Gasteiger partial charge in [-0.25, -0.2) is 8.42 Å². The number of piperidine rings is 2. The summed E-state index contributed by atoms with van der Waals surface area (Å²) in [6.07, 6.45) is 7.19. The van der Waals surface area contributed by atoms with E-state index >= 15 is 0 Å². The van der Waals surface area contributed by atoms with Crippen LogP contribution >= 0.6 is 0 Å². The van der Waals surface area contributed by atoms with Crippen LogP contribution in [0.4, 0.5) is 17.1 Å². The number of fused-ring (bicyclic) bond motifs is 1. The number of hydrogen-bond acceptors (Lipinski definition) is 5. The van der Waals surface area contributed by atoms with Gasteiger partial charge in [-0.3, -0.25) is 4.79 Å². The Morgan fingerprint density at radius 2 is 1.60 bits per heavy atom.